The summed E-state index contributed by atoms with van der Waals surface area (Å²) < 4.78 is 26.9. The Kier molecular flexibility index (Phi) is 6.49. The van der Waals surface area contributed by atoms with Gasteiger partial charge in [0.05, 0.1) is 15.1 Å². The number of carbonyl (C=O) groups is 1. The van der Waals surface area contributed by atoms with Gasteiger partial charge in [-0.2, -0.15) is 0 Å². The molecule has 1 amide bonds. The van der Waals surface area contributed by atoms with E-state index in [0.717, 1.165) is 36.3 Å². The van der Waals surface area contributed by atoms with E-state index in [1.807, 2.05) is 0 Å². The van der Waals surface area contributed by atoms with E-state index in [9.17, 15) is 13.2 Å². The molecule has 8 heteroatoms. The molecule has 2 N–H and O–H groups in total. The number of hydrogen-bond donors (Lipinski definition) is 2. The fourth-order valence-electron chi connectivity index (χ4n) is 3.66. The predicted molar refractivity (Wildman–Crippen MR) is 109 cm³/mol. The van der Waals surface area contributed by atoms with E-state index in [2.05, 4.69) is 21.9 Å². The van der Waals surface area contributed by atoms with E-state index >= 15 is 0 Å². The van der Waals surface area contributed by atoms with Crippen molar-refractivity contribution < 1.29 is 13.2 Å². The number of nitrogens with zero attached hydrogens (tertiary/aromatic N) is 1. The van der Waals surface area contributed by atoms with Gasteiger partial charge >= 0.3 is 0 Å². The number of amides is 1. The minimum absolute atomic E-state index is 0.0334. The minimum atomic E-state index is -3.49. The minimum Gasteiger partial charge on any atom is -0.302 e. The van der Waals surface area contributed by atoms with Crippen LogP contribution in [0.1, 0.15) is 51.9 Å². The topological polar surface area (TPSA) is 88.2 Å². The molecule has 1 aromatic heterocycles. The van der Waals surface area contributed by atoms with Gasteiger partial charge in [0.2, 0.25) is 15.9 Å². The van der Waals surface area contributed by atoms with Gasteiger partial charge in [-0.15, -0.1) is 0 Å². The second-order valence-electron chi connectivity index (χ2n) is 7.21. The van der Waals surface area contributed by atoms with Gasteiger partial charge in [0.15, 0.2) is 5.13 Å². The third-order valence-corrected chi connectivity index (χ3v) is 7.70. The largest absolute Gasteiger partial charge is 0.302 e. The van der Waals surface area contributed by atoms with Crippen molar-refractivity contribution >= 4 is 42.6 Å². The van der Waals surface area contributed by atoms with Crippen LogP contribution in [-0.2, 0) is 14.8 Å². The molecule has 0 atom stereocenters. The second-order valence-corrected chi connectivity index (χ2v) is 10.1. The lowest BCUT2D eigenvalue weighted by molar-refractivity contribution is -0.121. The van der Waals surface area contributed by atoms with E-state index in [4.69, 9.17) is 0 Å². The van der Waals surface area contributed by atoms with Crippen molar-refractivity contribution in [1.29, 1.82) is 0 Å². The number of carbonyl (C=O) groups excluding carboxylic acids is 1. The van der Waals surface area contributed by atoms with E-state index in [-0.39, 0.29) is 16.7 Å². The molecule has 27 heavy (non-hydrogen) atoms. The molecule has 1 saturated carbocycles. The Morgan fingerprint density at radius 1 is 1.26 bits per heavy atom. The number of hydrogen-bond acceptors (Lipinski definition) is 5. The van der Waals surface area contributed by atoms with E-state index in [1.54, 1.807) is 12.1 Å². The summed E-state index contributed by atoms with van der Waals surface area (Å²) in [4.78, 5) is 17.2. The summed E-state index contributed by atoms with van der Waals surface area (Å²) in [6, 6.07) is 4.79. The second kappa shape index (κ2) is 8.67. The van der Waals surface area contributed by atoms with E-state index in [0.29, 0.717) is 10.6 Å². The summed E-state index contributed by atoms with van der Waals surface area (Å²) in [7, 11) is -2.11. The zero-order valence-electron chi connectivity index (χ0n) is 15.8. The highest BCUT2D eigenvalue weighted by atomic mass is 32.2. The maximum Gasteiger partial charge on any atom is 0.240 e. The van der Waals surface area contributed by atoms with Gasteiger partial charge in [-0.05, 0) is 56.8 Å². The highest BCUT2D eigenvalue weighted by Crippen LogP contribution is 2.33. The van der Waals surface area contributed by atoms with Crippen LogP contribution in [0.4, 0.5) is 5.13 Å². The monoisotopic (exact) mass is 409 g/mol. The number of anilines is 1. The number of rotatable bonds is 7. The molecule has 0 unspecified atom stereocenters. The first-order chi connectivity index (χ1) is 12.9. The first-order valence-corrected chi connectivity index (χ1v) is 11.9. The van der Waals surface area contributed by atoms with Crippen LogP contribution in [0.15, 0.2) is 23.1 Å². The van der Waals surface area contributed by atoms with Crippen LogP contribution in [0.3, 0.4) is 0 Å². The molecule has 1 aromatic carbocycles. The van der Waals surface area contributed by atoms with Crippen LogP contribution in [0.5, 0.6) is 0 Å². The van der Waals surface area contributed by atoms with Crippen LogP contribution in [0, 0.1) is 11.8 Å². The van der Waals surface area contributed by atoms with Crippen LogP contribution in [-0.4, -0.2) is 26.4 Å². The average molecular weight is 410 g/mol. The Labute approximate surface area is 164 Å². The molecule has 0 saturated heterocycles. The molecule has 0 radical (unpaired) electrons. The number of sulfonamides is 1. The molecule has 0 spiro atoms. The molecule has 0 bridgehead atoms. The maximum absolute atomic E-state index is 12.6. The zero-order valence-corrected chi connectivity index (χ0v) is 17.5. The van der Waals surface area contributed by atoms with Crippen LogP contribution in [0.25, 0.3) is 10.2 Å². The Morgan fingerprint density at radius 3 is 2.67 bits per heavy atom. The molecule has 2 aromatic rings. The Morgan fingerprint density at radius 2 is 2.00 bits per heavy atom. The predicted octanol–water partition coefficient (Wildman–Crippen LogP) is 4.14. The van der Waals surface area contributed by atoms with Gasteiger partial charge in [-0.3, -0.25) is 4.79 Å². The first kappa shape index (κ1) is 20.2. The van der Waals surface area contributed by atoms with Gasteiger partial charge in [0.25, 0.3) is 0 Å². The van der Waals surface area contributed by atoms with Gasteiger partial charge in [0.1, 0.15) is 0 Å². The number of benzene rings is 1. The molecule has 0 aliphatic heterocycles. The first-order valence-electron chi connectivity index (χ1n) is 9.58. The Hall–Kier alpha value is -1.51. The number of aromatic nitrogens is 1. The number of unbranched alkanes of at least 4 members (excludes halogenated alkanes) is 1. The lowest BCUT2D eigenvalue weighted by Gasteiger charge is -2.27. The molecule has 1 heterocycles. The van der Waals surface area contributed by atoms with E-state index < -0.39 is 10.0 Å². The third kappa shape index (κ3) is 4.86. The normalized spacial score (nSPS) is 20.7. The third-order valence-electron chi connectivity index (χ3n) is 5.35. The molecular formula is C19H27N3O3S2. The smallest absolute Gasteiger partial charge is 0.240 e. The van der Waals surface area contributed by atoms with Crippen molar-refractivity contribution in [3.63, 3.8) is 0 Å². The molecule has 1 aliphatic carbocycles. The highest BCUT2D eigenvalue weighted by Gasteiger charge is 2.26. The van der Waals surface area contributed by atoms with Crippen LogP contribution >= 0.6 is 11.3 Å². The number of nitrogens with one attached hydrogen (secondary N) is 2. The summed E-state index contributed by atoms with van der Waals surface area (Å²) in [5.41, 5.74) is 0.689. The summed E-state index contributed by atoms with van der Waals surface area (Å²) in [6.07, 6.45) is 7.92. The molecule has 1 fully saturated rings. The Balaban J connectivity index is 1.64. The molecular weight excluding hydrogens is 382 g/mol. The number of thiazole rings is 1. The van der Waals surface area contributed by atoms with Crippen molar-refractivity contribution in [3.8, 4) is 0 Å². The highest BCUT2D eigenvalue weighted by molar-refractivity contribution is 7.89. The molecule has 3 rings (SSSR count). The SMILES string of the molecule is CCCCC1CCC(C(=O)Nc2nc3ccc(S(=O)(=O)NC)cc3s2)CC1. The fraction of sp³-hybridized carbons (Fsp3) is 0.579. The standard InChI is InChI=1S/C19H27N3O3S2/c1-3-4-5-13-6-8-14(9-7-13)18(23)22-19-21-16-11-10-15(12-17(16)26-19)27(24,25)20-2/h10-14,20H,3-9H2,1-2H3,(H,21,22,23). The van der Waals surface area contributed by atoms with Crippen molar-refractivity contribution in [2.24, 2.45) is 11.8 Å². The van der Waals surface area contributed by atoms with Crippen LogP contribution < -0.4 is 10.0 Å². The van der Waals surface area contributed by atoms with Gasteiger partial charge < -0.3 is 5.32 Å². The van der Waals surface area contributed by atoms with Crippen LogP contribution in [0.2, 0.25) is 0 Å². The summed E-state index contributed by atoms with van der Waals surface area (Å²) >= 11 is 1.31. The zero-order chi connectivity index (χ0) is 19.4. The quantitative estimate of drug-likeness (QED) is 0.719. The van der Waals surface area contributed by atoms with Gasteiger partial charge in [-0.25, -0.2) is 18.1 Å². The maximum atomic E-state index is 12.6. The lowest BCUT2D eigenvalue weighted by atomic mass is 9.79. The average Bonchev–Trinajstić information content (AvgIpc) is 3.08. The summed E-state index contributed by atoms with van der Waals surface area (Å²) in [5.74, 6) is 0.852. The van der Waals surface area contributed by atoms with Crippen molar-refractivity contribution in [3.05, 3.63) is 18.2 Å². The lowest BCUT2D eigenvalue weighted by Crippen LogP contribution is -2.27. The van der Waals surface area contributed by atoms with Crippen molar-refractivity contribution in [2.45, 2.75) is 56.8 Å². The molecule has 148 valence electrons. The summed E-state index contributed by atoms with van der Waals surface area (Å²) in [6.45, 7) is 2.22. The Bertz CT molecular complexity index is 900. The number of fused-ring (bicyclic) bond motifs is 1. The fourth-order valence-corrected chi connectivity index (χ4v) is 5.40. The van der Waals surface area contributed by atoms with E-state index in [1.165, 1.54) is 43.7 Å². The molecule has 1 aliphatic rings. The van der Waals surface area contributed by atoms with Crippen molar-refractivity contribution in [2.75, 3.05) is 12.4 Å². The van der Waals surface area contributed by atoms with Gasteiger partial charge in [0, 0.05) is 5.92 Å². The molecule has 6 nitrogen and oxygen atoms in total. The van der Waals surface area contributed by atoms with Crippen molar-refractivity contribution in [1.82, 2.24) is 9.71 Å². The van der Waals surface area contributed by atoms with Gasteiger partial charge in [-0.1, -0.05) is 37.5 Å². The summed E-state index contributed by atoms with van der Waals surface area (Å²) in [5, 5.41) is 3.46.